The third-order valence-electron chi connectivity index (χ3n) is 3.66. The topological polar surface area (TPSA) is 115 Å². The van der Waals surface area contributed by atoms with E-state index in [4.69, 9.17) is 15.2 Å². The Morgan fingerprint density at radius 2 is 2.46 bits per heavy atom. The number of hydrogen-bond donors (Lipinski definition) is 3. The number of nitrogen functional groups attached to an aromatic ring is 1. The molecule has 1 aromatic heterocycles. The largest absolute Gasteiger partial charge is 0.497 e. The zero-order chi connectivity index (χ0) is 16.9. The molecule has 0 aliphatic carbocycles. The average Bonchev–Trinajstić information content (AvgIpc) is 3.02. The molecule has 0 radical (unpaired) electrons. The van der Waals surface area contributed by atoms with Crippen molar-refractivity contribution in [2.45, 2.75) is 11.6 Å². The predicted octanol–water partition coefficient (Wildman–Crippen LogP) is 0.855. The van der Waals surface area contributed by atoms with Crippen molar-refractivity contribution in [1.29, 1.82) is 0 Å². The van der Waals surface area contributed by atoms with Gasteiger partial charge in [-0.05, 0) is 18.1 Å². The van der Waals surface area contributed by atoms with Gasteiger partial charge in [-0.3, -0.25) is 4.79 Å². The second-order valence-electron chi connectivity index (χ2n) is 5.45. The van der Waals surface area contributed by atoms with Crippen molar-refractivity contribution >= 4 is 23.6 Å². The number of amides is 1. The van der Waals surface area contributed by atoms with Gasteiger partial charge >= 0.3 is 0 Å². The Bertz CT molecular complexity index is 721. The maximum atomic E-state index is 11.9. The smallest absolute Gasteiger partial charge is 0.230 e. The Morgan fingerprint density at radius 1 is 1.58 bits per heavy atom. The molecule has 24 heavy (non-hydrogen) atoms. The van der Waals surface area contributed by atoms with E-state index in [1.165, 1.54) is 11.8 Å². The van der Waals surface area contributed by atoms with Crippen molar-refractivity contribution in [2.24, 2.45) is 5.92 Å². The molecule has 0 bridgehead atoms. The van der Waals surface area contributed by atoms with Gasteiger partial charge in [0.05, 0.1) is 19.5 Å². The molecule has 0 fully saturated rings. The number of carbonyl (C=O) groups is 1. The maximum Gasteiger partial charge on any atom is 0.230 e. The number of methoxy groups -OCH3 is 1. The molecule has 1 aromatic carbocycles. The van der Waals surface area contributed by atoms with Crippen LogP contribution in [-0.4, -0.2) is 47.1 Å². The second-order valence-corrected chi connectivity index (χ2v) is 6.39. The first-order chi connectivity index (χ1) is 11.6. The van der Waals surface area contributed by atoms with Gasteiger partial charge < -0.3 is 20.5 Å². The molecule has 1 unspecified atom stereocenters. The summed E-state index contributed by atoms with van der Waals surface area (Å²) in [5.41, 5.74) is 6.56. The molecule has 8 nitrogen and oxygen atoms in total. The minimum Gasteiger partial charge on any atom is -0.497 e. The van der Waals surface area contributed by atoms with Crippen molar-refractivity contribution < 1.29 is 14.3 Å². The lowest BCUT2D eigenvalue weighted by Crippen LogP contribution is -2.35. The number of thioether (sulfide) groups is 1. The van der Waals surface area contributed by atoms with Crippen molar-refractivity contribution in [3.63, 3.8) is 0 Å². The normalized spacial score (nSPS) is 16.1. The highest BCUT2D eigenvalue weighted by molar-refractivity contribution is 7.99. The minimum absolute atomic E-state index is 0.0658. The summed E-state index contributed by atoms with van der Waals surface area (Å²) in [5, 5.41) is 9.79. The Labute approximate surface area is 143 Å². The molecule has 0 spiro atoms. The Kier molecular flexibility index (Phi) is 5.09. The van der Waals surface area contributed by atoms with Gasteiger partial charge in [-0.1, -0.05) is 17.8 Å². The lowest BCUT2D eigenvalue weighted by Gasteiger charge is -2.25. The van der Waals surface area contributed by atoms with Gasteiger partial charge in [0.15, 0.2) is 0 Å². The number of nitrogens with one attached hydrogen (secondary N) is 2. The van der Waals surface area contributed by atoms with E-state index in [0.29, 0.717) is 18.3 Å². The summed E-state index contributed by atoms with van der Waals surface area (Å²) in [7, 11) is 1.63. The van der Waals surface area contributed by atoms with Crippen LogP contribution in [0.3, 0.4) is 0 Å². The van der Waals surface area contributed by atoms with E-state index in [1.54, 1.807) is 7.11 Å². The van der Waals surface area contributed by atoms with E-state index < -0.39 is 0 Å². The molecular weight excluding hydrogens is 330 g/mol. The van der Waals surface area contributed by atoms with Gasteiger partial charge in [0.1, 0.15) is 11.5 Å². The van der Waals surface area contributed by atoms with Gasteiger partial charge in [-0.15, -0.1) is 5.10 Å². The van der Waals surface area contributed by atoms with Gasteiger partial charge in [0, 0.05) is 18.5 Å². The van der Waals surface area contributed by atoms with Gasteiger partial charge in [-0.2, -0.15) is 4.98 Å². The molecule has 0 saturated heterocycles. The van der Waals surface area contributed by atoms with Crippen molar-refractivity contribution in [2.75, 3.05) is 31.7 Å². The van der Waals surface area contributed by atoms with Crippen LogP contribution >= 0.6 is 11.8 Å². The van der Waals surface area contributed by atoms with E-state index in [2.05, 4.69) is 20.5 Å². The molecule has 1 aliphatic heterocycles. The molecule has 128 valence electrons. The zero-order valence-electron chi connectivity index (χ0n) is 13.2. The summed E-state index contributed by atoms with van der Waals surface area (Å²) in [6.07, 6.45) is 0.865. The van der Waals surface area contributed by atoms with E-state index in [0.717, 1.165) is 23.5 Å². The first-order valence-corrected chi connectivity index (χ1v) is 8.49. The number of H-pyrrole nitrogens is 1. The van der Waals surface area contributed by atoms with Gasteiger partial charge in [0.25, 0.3) is 0 Å². The molecule has 1 amide bonds. The molecule has 1 atom stereocenters. The summed E-state index contributed by atoms with van der Waals surface area (Å²) in [6.45, 7) is 1.14. The number of aromatic nitrogens is 3. The molecule has 3 rings (SSSR count). The summed E-state index contributed by atoms with van der Waals surface area (Å²) in [5.74, 6) is 2.31. The number of benzene rings is 1. The highest BCUT2D eigenvalue weighted by Crippen LogP contribution is 2.30. The SMILES string of the molecule is COc1ccc2c(c1)OCC(CNC(=O)CSc1n[nH]c(N)n1)C2. The minimum atomic E-state index is -0.0658. The van der Waals surface area contributed by atoms with Gasteiger partial charge in [-0.25, -0.2) is 5.10 Å². The van der Waals surface area contributed by atoms with Crippen LogP contribution in [0.2, 0.25) is 0 Å². The average molecular weight is 349 g/mol. The van der Waals surface area contributed by atoms with Crippen LogP contribution in [0.15, 0.2) is 23.4 Å². The Morgan fingerprint density at radius 3 is 3.21 bits per heavy atom. The fourth-order valence-corrected chi connectivity index (χ4v) is 3.07. The lowest BCUT2D eigenvalue weighted by atomic mass is 9.96. The lowest BCUT2D eigenvalue weighted by molar-refractivity contribution is -0.118. The van der Waals surface area contributed by atoms with Crippen LogP contribution in [0.1, 0.15) is 5.56 Å². The van der Waals surface area contributed by atoms with E-state index in [9.17, 15) is 4.79 Å². The fraction of sp³-hybridized carbons (Fsp3) is 0.400. The Hall–Kier alpha value is -2.42. The van der Waals surface area contributed by atoms with Crippen LogP contribution in [0.4, 0.5) is 5.95 Å². The number of fused-ring (bicyclic) bond motifs is 1. The summed E-state index contributed by atoms with van der Waals surface area (Å²) in [6, 6.07) is 5.82. The van der Waals surface area contributed by atoms with Crippen molar-refractivity contribution in [3.05, 3.63) is 23.8 Å². The number of rotatable bonds is 6. The molecule has 0 saturated carbocycles. The number of carbonyl (C=O) groups excluding carboxylic acids is 1. The highest BCUT2D eigenvalue weighted by atomic mass is 32.2. The number of ether oxygens (including phenoxy) is 2. The first-order valence-electron chi connectivity index (χ1n) is 7.51. The van der Waals surface area contributed by atoms with Crippen LogP contribution < -0.4 is 20.5 Å². The molecule has 1 aliphatic rings. The van der Waals surface area contributed by atoms with Gasteiger partial charge in [0.2, 0.25) is 17.0 Å². The monoisotopic (exact) mass is 349 g/mol. The van der Waals surface area contributed by atoms with Crippen molar-refractivity contribution in [3.8, 4) is 11.5 Å². The fourth-order valence-electron chi connectivity index (χ4n) is 2.44. The van der Waals surface area contributed by atoms with E-state index in [1.807, 2.05) is 18.2 Å². The van der Waals surface area contributed by atoms with Crippen molar-refractivity contribution in [1.82, 2.24) is 20.5 Å². The third kappa shape index (κ3) is 4.10. The van der Waals surface area contributed by atoms with E-state index >= 15 is 0 Å². The summed E-state index contributed by atoms with van der Waals surface area (Å²) < 4.78 is 11.0. The molecule has 9 heteroatoms. The van der Waals surface area contributed by atoms with Crippen LogP contribution in [-0.2, 0) is 11.2 Å². The number of anilines is 1. The maximum absolute atomic E-state index is 11.9. The highest BCUT2D eigenvalue weighted by Gasteiger charge is 2.21. The quantitative estimate of drug-likeness (QED) is 0.662. The Balaban J connectivity index is 1.44. The number of aromatic amines is 1. The van der Waals surface area contributed by atoms with Crippen LogP contribution in [0.5, 0.6) is 11.5 Å². The standard InChI is InChI=1S/C15H19N5O3S/c1-22-11-3-2-10-4-9(7-23-12(10)5-11)6-17-13(21)8-24-15-18-14(16)19-20-15/h2-3,5,9H,4,6-8H2,1H3,(H,17,21)(H3,16,18,19,20). The van der Waals surface area contributed by atoms with E-state index in [-0.39, 0.29) is 23.5 Å². The zero-order valence-corrected chi connectivity index (χ0v) is 14.1. The van der Waals surface area contributed by atoms with Crippen LogP contribution in [0.25, 0.3) is 0 Å². The molecule has 2 aromatic rings. The molecule has 2 heterocycles. The summed E-state index contributed by atoms with van der Waals surface area (Å²) >= 11 is 1.24. The molecule has 4 N–H and O–H groups in total. The summed E-state index contributed by atoms with van der Waals surface area (Å²) in [4.78, 5) is 15.8. The number of nitrogens with two attached hydrogens (primary N) is 1. The first kappa shape index (κ1) is 16.4. The second kappa shape index (κ2) is 7.43. The number of hydrogen-bond acceptors (Lipinski definition) is 7. The third-order valence-corrected chi connectivity index (χ3v) is 4.51. The van der Waals surface area contributed by atoms with Crippen LogP contribution in [0, 0.1) is 5.92 Å². The molecular formula is C15H19N5O3S. The number of nitrogens with zero attached hydrogens (tertiary/aromatic N) is 2. The predicted molar refractivity (Wildman–Crippen MR) is 90.2 cm³/mol.